The van der Waals surface area contributed by atoms with Crippen LogP contribution in [0.15, 0.2) is 4.34 Å². The van der Waals surface area contributed by atoms with E-state index in [2.05, 4.69) is 36.4 Å². The molecule has 0 saturated heterocycles. The average molecular weight is 257 g/mol. The summed E-state index contributed by atoms with van der Waals surface area (Å²) < 4.78 is 1.11. The van der Waals surface area contributed by atoms with Crippen molar-refractivity contribution in [3.63, 3.8) is 0 Å². The predicted octanol–water partition coefficient (Wildman–Crippen LogP) is 2.72. The van der Waals surface area contributed by atoms with E-state index in [0.717, 1.165) is 9.35 Å². The van der Waals surface area contributed by atoms with E-state index in [1.807, 2.05) is 18.7 Å². The van der Waals surface area contributed by atoms with Crippen molar-refractivity contribution in [2.24, 2.45) is 5.41 Å². The summed E-state index contributed by atoms with van der Waals surface area (Å²) in [5, 5.41) is 13.4. The first-order valence-electron chi connectivity index (χ1n) is 5.67. The fourth-order valence-corrected chi connectivity index (χ4v) is 5.06. The molecule has 2 unspecified atom stereocenters. The van der Waals surface area contributed by atoms with Gasteiger partial charge in [0.05, 0.1) is 0 Å². The summed E-state index contributed by atoms with van der Waals surface area (Å²) >= 11 is 3.59. The molecule has 0 aromatic carbocycles. The summed E-state index contributed by atoms with van der Waals surface area (Å²) in [4.78, 5) is 0. The highest BCUT2D eigenvalue weighted by molar-refractivity contribution is 8.01. The van der Waals surface area contributed by atoms with Gasteiger partial charge in [-0.2, -0.15) is 0 Å². The number of hydrogen-bond donors (Lipinski definition) is 1. The van der Waals surface area contributed by atoms with Crippen molar-refractivity contribution >= 4 is 23.1 Å². The lowest BCUT2D eigenvalue weighted by molar-refractivity contribution is 0.300. The molecule has 0 amide bonds. The van der Waals surface area contributed by atoms with Crippen molar-refractivity contribution in [3.05, 3.63) is 5.01 Å². The zero-order chi connectivity index (χ0) is 11.8. The molecule has 5 heteroatoms. The highest BCUT2D eigenvalue weighted by Crippen LogP contribution is 2.45. The number of hydrogen-bond acceptors (Lipinski definition) is 5. The largest absolute Gasteiger partial charge is 0.315 e. The molecule has 2 atom stereocenters. The maximum absolute atomic E-state index is 4.20. The predicted molar refractivity (Wildman–Crippen MR) is 70.2 cm³/mol. The van der Waals surface area contributed by atoms with Crippen LogP contribution in [0.4, 0.5) is 0 Å². The van der Waals surface area contributed by atoms with Gasteiger partial charge in [0.25, 0.3) is 0 Å². The molecular weight excluding hydrogens is 238 g/mol. The third kappa shape index (κ3) is 2.41. The summed E-state index contributed by atoms with van der Waals surface area (Å²) in [7, 11) is 2.07. The minimum absolute atomic E-state index is 0.395. The molecule has 0 radical (unpaired) electrons. The van der Waals surface area contributed by atoms with E-state index in [9.17, 15) is 0 Å². The Morgan fingerprint density at radius 2 is 2.19 bits per heavy atom. The molecule has 1 fully saturated rings. The van der Waals surface area contributed by atoms with E-state index in [4.69, 9.17) is 0 Å². The first-order chi connectivity index (χ1) is 7.53. The molecule has 1 aliphatic carbocycles. The number of nitrogens with zero attached hydrogens (tertiary/aromatic N) is 2. The molecule has 90 valence electrons. The molecule has 1 aliphatic rings. The second-order valence-corrected chi connectivity index (χ2v) is 7.70. The Morgan fingerprint density at radius 3 is 2.75 bits per heavy atom. The number of aromatic nitrogens is 2. The maximum atomic E-state index is 4.20. The van der Waals surface area contributed by atoms with Crippen LogP contribution in [0.5, 0.6) is 0 Å². The summed E-state index contributed by atoms with van der Waals surface area (Å²) in [5.74, 6) is 0. The SMILES string of the molecule is CNC1C(Sc2nnc(C)s2)CCC1(C)C. The fraction of sp³-hybridized carbons (Fsp3) is 0.818. The van der Waals surface area contributed by atoms with Crippen molar-refractivity contribution in [3.8, 4) is 0 Å². The number of aryl methyl sites for hydroxylation is 1. The lowest BCUT2D eigenvalue weighted by atomic mass is 9.87. The molecule has 0 aliphatic heterocycles. The molecule has 3 nitrogen and oxygen atoms in total. The first-order valence-corrected chi connectivity index (χ1v) is 7.36. The van der Waals surface area contributed by atoms with Gasteiger partial charge in [0, 0.05) is 11.3 Å². The Hall–Kier alpha value is -0.130. The maximum Gasteiger partial charge on any atom is 0.174 e. The lowest BCUT2D eigenvalue weighted by Crippen LogP contribution is -2.41. The number of rotatable bonds is 3. The number of thioether (sulfide) groups is 1. The molecule has 1 N–H and O–H groups in total. The van der Waals surface area contributed by atoms with E-state index >= 15 is 0 Å². The van der Waals surface area contributed by atoms with Crippen LogP contribution in [-0.4, -0.2) is 28.5 Å². The number of nitrogens with one attached hydrogen (secondary N) is 1. The van der Waals surface area contributed by atoms with Crippen molar-refractivity contribution in [1.82, 2.24) is 15.5 Å². The Kier molecular flexibility index (Phi) is 3.56. The van der Waals surface area contributed by atoms with Crippen LogP contribution in [0.3, 0.4) is 0 Å². The molecule has 16 heavy (non-hydrogen) atoms. The van der Waals surface area contributed by atoms with Crippen molar-refractivity contribution in [2.75, 3.05) is 7.05 Å². The van der Waals surface area contributed by atoms with Gasteiger partial charge in [-0.3, -0.25) is 0 Å². The summed E-state index contributed by atoms with van der Waals surface area (Å²) in [6.07, 6.45) is 2.55. The molecule has 0 bridgehead atoms. The topological polar surface area (TPSA) is 37.8 Å². The van der Waals surface area contributed by atoms with Crippen LogP contribution >= 0.6 is 23.1 Å². The Morgan fingerprint density at radius 1 is 1.44 bits per heavy atom. The lowest BCUT2D eigenvalue weighted by Gasteiger charge is -2.29. The van der Waals surface area contributed by atoms with Crippen LogP contribution in [0.2, 0.25) is 0 Å². The Bertz CT molecular complexity index is 362. The van der Waals surface area contributed by atoms with Gasteiger partial charge in [0.1, 0.15) is 5.01 Å². The van der Waals surface area contributed by atoms with E-state index in [-0.39, 0.29) is 0 Å². The van der Waals surface area contributed by atoms with Crippen LogP contribution in [0.1, 0.15) is 31.7 Å². The van der Waals surface area contributed by atoms with Crippen LogP contribution in [0.25, 0.3) is 0 Å². The van der Waals surface area contributed by atoms with Gasteiger partial charge in [-0.25, -0.2) is 0 Å². The van der Waals surface area contributed by atoms with E-state index in [1.54, 1.807) is 11.3 Å². The zero-order valence-corrected chi connectivity index (χ0v) is 11.9. The van der Waals surface area contributed by atoms with Gasteiger partial charge < -0.3 is 5.32 Å². The summed E-state index contributed by atoms with van der Waals surface area (Å²) in [5.41, 5.74) is 0.395. The summed E-state index contributed by atoms with van der Waals surface area (Å²) in [6, 6.07) is 0.571. The monoisotopic (exact) mass is 257 g/mol. The van der Waals surface area contributed by atoms with Gasteiger partial charge in [-0.15, -0.1) is 10.2 Å². The minimum atomic E-state index is 0.395. The van der Waals surface area contributed by atoms with Crippen molar-refractivity contribution < 1.29 is 0 Å². The third-order valence-corrected chi connectivity index (χ3v) is 5.62. The molecular formula is C11H19N3S2. The minimum Gasteiger partial charge on any atom is -0.315 e. The molecule has 1 saturated carbocycles. The second kappa shape index (κ2) is 4.63. The first kappa shape index (κ1) is 12.3. The van der Waals surface area contributed by atoms with E-state index in [0.29, 0.717) is 16.7 Å². The van der Waals surface area contributed by atoms with Gasteiger partial charge >= 0.3 is 0 Å². The highest BCUT2D eigenvalue weighted by atomic mass is 32.2. The molecule has 1 aromatic rings. The zero-order valence-electron chi connectivity index (χ0n) is 10.3. The van der Waals surface area contributed by atoms with Gasteiger partial charge in [0.15, 0.2) is 4.34 Å². The van der Waals surface area contributed by atoms with Gasteiger partial charge in [0.2, 0.25) is 0 Å². The normalized spacial score (nSPS) is 28.5. The van der Waals surface area contributed by atoms with E-state index in [1.165, 1.54) is 12.8 Å². The fourth-order valence-electron chi connectivity index (χ4n) is 2.50. The van der Waals surface area contributed by atoms with Crippen LogP contribution < -0.4 is 5.32 Å². The van der Waals surface area contributed by atoms with Gasteiger partial charge in [-0.05, 0) is 32.2 Å². The average Bonchev–Trinajstić information content (AvgIpc) is 2.72. The van der Waals surface area contributed by atoms with Gasteiger partial charge in [-0.1, -0.05) is 36.9 Å². The van der Waals surface area contributed by atoms with Crippen molar-refractivity contribution in [2.45, 2.75) is 49.2 Å². The van der Waals surface area contributed by atoms with Crippen molar-refractivity contribution in [1.29, 1.82) is 0 Å². The molecule has 0 spiro atoms. The smallest absolute Gasteiger partial charge is 0.174 e. The van der Waals surface area contributed by atoms with Crippen LogP contribution in [0, 0.1) is 12.3 Å². The summed E-state index contributed by atoms with van der Waals surface area (Å²) in [6.45, 7) is 6.70. The molecule has 1 heterocycles. The Balaban J connectivity index is 2.06. The molecule has 2 rings (SSSR count). The Labute approximate surface area is 105 Å². The third-order valence-electron chi connectivity index (χ3n) is 3.36. The molecule has 1 aromatic heterocycles. The quantitative estimate of drug-likeness (QED) is 0.903. The van der Waals surface area contributed by atoms with E-state index < -0.39 is 0 Å². The van der Waals surface area contributed by atoms with Crippen LogP contribution in [-0.2, 0) is 0 Å². The highest BCUT2D eigenvalue weighted by Gasteiger charge is 2.41. The standard InChI is InChI=1S/C11H19N3S2/c1-7-13-14-10(15-7)16-8-5-6-11(2,3)9(8)12-4/h8-9,12H,5-6H2,1-4H3. The second-order valence-electron chi connectivity index (χ2n) is 5.04.